The molecule has 0 fully saturated rings. The maximum atomic E-state index is 14.2. The molecule has 3 aromatic carbocycles. The highest BCUT2D eigenvalue weighted by molar-refractivity contribution is 6.30. The van der Waals surface area contributed by atoms with Gasteiger partial charge in [-0.15, -0.1) is 34.8 Å². The molecule has 1 aromatic heterocycles. The fraction of sp³-hybridized carbons (Fsp3) is 0.250. The predicted octanol–water partition coefficient (Wildman–Crippen LogP) is 3.65. The van der Waals surface area contributed by atoms with E-state index in [2.05, 4.69) is 5.32 Å². The molecule has 0 aliphatic rings. The molecule has 15 heteroatoms. The van der Waals surface area contributed by atoms with Crippen LogP contribution in [0.3, 0.4) is 0 Å². The van der Waals surface area contributed by atoms with Gasteiger partial charge in [0.25, 0.3) is 0 Å². The van der Waals surface area contributed by atoms with E-state index >= 15 is 0 Å². The van der Waals surface area contributed by atoms with Crippen LogP contribution < -0.4 is 32.2 Å². The van der Waals surface area contributed by atoms with Gasteiger partial charge in [-0.3, -0.25) is 14.4 Å². The smallest absolute Gasteiger partial charge is 0.325 e. The minimum atomic E-state index is -0.945. The molecule has 0 unspecified atom stereocenters. The van der Waals surface area contributed by atoms with Gasteiger partial charge in [0.05, 0.1) is 17.1 Å². The van der Waals surface area contributed by atoms with Crippen molar-refractivity contribution in [1.29, 1.82) is 0 Å². The van der Waals surface area contributed by atoms with Crippen molar-refractivity contribution < 1.29 is 14.4 Å². The molecule has 47 heavy (non-hydrogen) atoms. The zero-order valence-corrected chi connectivity index (χ0v) is 28.4. The van der Waals surface area contributed by atoms with E-state index in [-0.39, 0.29) is 46.5 Å². The maximum Gasteiger partial charge on any atom is 0.345 e. The number of anilines is 3. The van der Waals surface area contributed by atoms with Crippen molar-refractivity contribution in [3.8, 4) is 17.1 Å². The topological polar surface area (TPSA) is 136 Å². The molecule has 0 bridgehead atoms. The summed E-state index contributed by atoms with van der Waals surface area (Å²) in [6, 6.07) is 13.9. The third-order valence-corrected chi connectivity index (χ3v) is 8.28. The summed E-state index contributed by atoms with van der Waals surface area (Å²) in [4.78, 5) is 81.6. The number of nitrogens with zero attached hydrogens (tertiary/aromatic N) is 5. The van der Waals surface area contributed by atoms with Gasteiger partial charge < -0.3 is 15.1 Å². The lowest BCUT2D eigenvalue weighted by Gasteiger charge is -2.21. The van der Waals surface area contributed by atoms with Gasteiger partial charge in [-0.25, -0.2) is 28.1 Å². The lowest BCUT2D eigenvalue weighted by atomic mass is 10.1. The maximum absolute atomic E-state index is 14.2. The quantitative estimate of drug-likeness (QED) is 0.265. The van der Waals surface area contributed by atoms with Gasteiger partial charge in [0.2, 0.25) is 17.7 Å². The molecule has 1 N–H and O–H groups in total. The van der Waals surface area contributed by atoms with E-state index in [1.54, 1.807) is 65.2 Å². The van der Waals surface area contributed by atoms with Crippen LogP contribution in [0.15, 0.2) is 69.0 Å². The van der Waals surface area contributed by atoms with Crippen molar-refractivity contribution in [3.05, 3.63) is 103 Å². The molecule has 12 nitrogen and oxygen atoms in total. The van der Waals surface area contributed by atoms with Gasteiger partial charge in [-0.05, 0) is 92.1 Å². The molecule has 0 saturated carbocycles. The third-order valence-electron chi connectivity index (χ3n) is 7.58. The summed E-state index contributed by atoms with van der Waals surface area (Å²) in [5.74, 6) is -1.91. The van der Waals surface area contributed by atoms with Gasteiger partial charge in [-0.2, -0.15) is 0 Å². The lowest BCUT2D eigenvalue weighted by Crippen LogP contribution is -2.53. The summed E-state index contributed by atoms with van der Waals surface area (Å²) in [7, 11) is 3.09. The van der Waals surface area contributed by atoms with Crippen LogP contribution in [0.1, 0.15) is 16.7 Å². The Morgan fingerprint density at radius 1 is 0.596 bits per heavy atom. The average Bonchev–Trinajstić information content (AvgIpc) is 3.05. The molecule has 0 radical (unpaired) electrons. The summed E-state index contributed by atoms with van der Waals surface area (Å²) in [6.07, 6.45) is 0. The molecular weight excluding hydrogens is 671 g/mol. The highest BCUT2D eigenvalue weighted by Gasteiger charge is 2.23. The van der Waals surface area contributed by atoms with E-state index in [0.717, 1.165) is 13.7 Å². The first-order valence-electron chi connectivity index (χ1n) is 14.1. The normalized spacial score (nSPS) is 10.9. The van der Waals surface area contributed by atoms with E-state index in [4.69, 9.17) is 34.8 Å². The summed E-state index contributed by atoms with van der Waals surface area (Å²) >= 11 is 17.1. The largest absolute Gasteiger partial charge is 0.345 e. The summed E-state index contributed by atoms with van der Waals surface area (Å²) in [6.45, 7) is 4.96. The minimum absolute atomic E-state index is 0.162. The lowest BCUT2D eigenvalue weighted by molar-refractivity contribution is -0.116. The van der Waals surface area contributed by atoms with Crippen LogP contribution in [-0.2, 0) is 14.4 Å². The van der Waals surface area contributed by atoms with Crippen molar-refractivity contribution in [2.24, 2.45) is 0 Å². The van der Waals surface area contributed by atoms with Crippen molar-refractivity contribution in [2.75, 3.05) is 46.9 Å². The Kier molecular flexibility index (Phi) is 10.8. The van der Waals surface area contributed by atoms with E-state index < -0.39 is 23.0 Å². The molecule has 0 spiro atoms. The number of aromatic nitrogens is 3. The number of benzene rings is 3. The number of carbonyl (C=O) groups is 3. The standard InChI is InChI=1S/C32H31Cl3N6O6/c1-18-12-21(36-27(42)15-33)6-9-24(18)39-30(45)40(25-10-7-22(13-19(25)2)37(4)28(43)16-34)32(47)41(31(39)46)26-11-8-23(14-20(26)3)38(5)29(44)17-35/h6-14H,15-17H2,1-5H3,(H,36,42). The molecule has 4 aromatic rings. The van der Waals surface area contributed by atoms with Gasteiger partial charge >= 0.3 is 17.1 Å². The zero-order chi connectivity index (χ0) is 34.7. The number of nitrogens with one attached hydrogen (secondary N) is 1. The summed E-state index contributed by atoms with van der Waals surface area (Å²) in [5.41, 5.74) is 0.367. The van der Waals surface area contributed by atoms with E-state index in [1.165, 1.54) is 34.1 Å². The Labute approximate surface area is 284 Å². The second-order valence-corrected chi connectivity index (χ2v) is 11.5. The number of carbonyl (C=O) groups excluding carboxylic acids is 3. The van der Waals surface area contributed by atoms with Gasteiger partial charge in [-0.1, -0.05) is 0 Å². The van der Waals surface area contributed by atoms with E-state index in [0.29, 0.717) is 33.8 Å². The fourth-order valence-electron chi connectivity index (χ4n) is 5.01. The minimum Gasteiger partial charge on any atom is -0.325 e. The Morgan fingerprint density at radius 3 is 1.28 bits per heavy atom. The van der Waals surface area contributed by atoms with Gasteiger partial charge in [0.1, 0.15) is 17.6 Å². The molecule has 246 valence electrons. The fourth-order valence-corrected chi connectivity index (χ4v) is 5.43. The Morgan fingerprint density at radius 2 is 0.957 bits per heavy atom. The highest BCUT2D eigenvalue weighted by Crippen LogP contribution is 2.23. The number of rotatable bonds is 9. The average molecular weight is 702 g/mol. The second kappa shape index (κ2) is 14.4. The van der Waals surface area contributed by atoms with Crippen LogP contribution in [0.2, 0.25) is 0 Å². The first-order chi connectivity index (χ1) is 22.2. The van der Waals surface area contributed by atoms with Crippen molar-refractivity contribution in [1.82, 2.24) is 13.7 Å². The van der Waals surface area contributed by atoms with E-state index in [1.807, 2.05) is 0 Å². The van der Waals surface area contributed by atoms with Crippen LogP contribution in [-0.4, -0.2) is 63.2 Å². The number of hydrogen-bond donors (Lipinski definition) is 1. The molecule has 0 atom stereocenters. The number of alkyl halides is 3. The van der Waals surface area contributed by atoms with Crippen molar-refractivity contribution in [3.63, 3.8) is 0 Å². The van der Waals surface area contributed by atoms with Crippen LogP contribution >= 0.6 is 34.8 Å². The molecule has 0 aliphatic heterocycles. The van der Waals surface area contributed by atoms with Crippen LogP contribution in [0, 0.1) is 20.8 Å². The van der Waals surface area contributed by atoms with Gasteiger partial charge in [0.15, 0.2) is 0 Å². The van der Waals surface area contributed by atoms with Crippen molar-refractivity contribution in [2.45, 2.75) is 20.8 Å². The van der Waals surface area contributed by atoms with Crippen LogP contribution in [0.25, 0.3) is 17.1 Å². The number of halogens is 3. The zero-order valence-electron chi connectivity index (χ0n) is 26.1. The number of aryl methyl sites for hydroxylation is 3. The molecular formula is C32H31Cl3N6O6. The first-order valence-corrected chi connectivity index (χ1v) is 15.7. The van der Waals surface area contributed by atoms with Crippen LogP contribution in [0.5, 0.6) is 0 Å². The molecule has 0 saturated heterocycles. The first kappa shape index (κ1) is 35.2. The Hall–Kier alpha value is -4.65. The van der Waals surface area contributed by atoms with Crippen molar-refractivity contribution >= 4 is 69.6 Å². The Balaban J connectivity index is 2.05. The highest BCUT2D eigenvalue weighted by atomic mass is 35.5. The SMILES string of the molecule is Cc1cc(NC(=O)CCl)ccc1-n1c(=O)n(-c2ccc(N(C)C(=O)CCl)cc2C)c(=O)n(-c2ccc(N(C)C(=O)CCl)cc2C)c1=O. The number of amides is 3. The Bertz CT molecular complexity index is 1980. The second-order valence-electron chi connectivity index (χ2n) is 10.7. The van der Waals surface area contributed by atoms with E-state index in [9.17, 15) is 28.8 Å². The summed E-state index contributed by atoms with van der Waals surface area (Å²) in [5, 5.41) is 2.62. The number of hydrogen-bond acceptors (Lipinski definition) is 6. The molecule has 0 aliphatic carbocycles. The monoisotopic (exact) mass is 700 g/mol. The molecule has 4 rings (SSSR count). The third kappa shape index (κ3) is 6.90. The molecule has 3 amide bonds. The van der Waals surface area contributed by atoms with Gasteiger partial charge in [0, 0.05) is 31.2 Å². The van der Waals surface area contributed by atoms with Crippen LogP contribution in [0.4, 0.5) is 17.1 Å². The summed E-state index contributed by atoms with van der Waals surface area (Å²) < 4.78 is 2.63. The predicted molar refractivity (Wildman–Crippen MR) is 185 cm³/mol. The molecule has 1 heterocycles.